The van der Waals surface area contributed by atoms with Gasteiger partial charge in [0.05, 0.1) is 5.71 Å². The highest BCUT2D eigenvalue weighted by Gasteiger charge is 2.29. The first kappa shape index (κ1) is 15.2. The molecule has 1 amide bonds. The van der Waals surface area contributed by atoms with Gasteiger partial charge in [0.15, 0.2) is 0 Å². The highest BCUT2D eigenvalue weighted by molar-refractivity contribution is 6.06. The number of aryl methyl sites for hydroxylation is 1. The summed E-state index contributed by atoms with van der Waals surface area (Å²) in [7, 11) is 0. The molecular formula is C18H17FN2O2. The summed E-state index contributed by atoms with van der Waals surface area (Å²) in [5.41, 5.74) is 2.72. The Morgan fingerprint density at radius 1 is 1.26 bits per heavy atom. The van der Waals surface area contributed by atoms with Gasteiger partial charge in [-0.3, -0.25) is 4.79 Å². The summed E-state index contributed by atoms with van der Waals surface area (Å²) in [6.07, 6.45) is 0.454. The number of oxime groups is 1. The maximum absolute atomic E-state index is 13.8. The van der Waals surface area contributed by atoms with E-state index in [4.69, 9.17) is 4.84 Å². The van der Waals surface area contributed by atoms with Crippen LogP contribution in [0.2, 0.25) is 0 Å². The number of hydrogen-bond donors (Lipinski definition) is 1. The lowest BCUT2D eigenvalue weighted by atomic mass is 10.0. The zero-order chi connectivity index (χ0) is 16.2. The van der Waals surface area contributed by atoms with Gasteiger partial charge in [0.1, 0.15) is 5.82 Å². The number of halogens is 1. The van der Waals surface area contributed by atoms with E-state index in [1.54, 1.807) is 18.2 Å². The molecule has 0 radical (unpaired) electrons. The average molecular weight is 312 g/mol. The lowest BCUT2D eigenvalue weighted by Crippen LogP contribution is -2.28. The van der Waals surface area contributed by atoms with Gasteiger partial charge in [-0.15, -0.1) is 0 Å². The predicted octanol–water partition coefficient (Wildman–Crippen LogP) is 3.52. The van der Waals surface area contributed by atoms with Crippen LogP contribution in [0.4, 0.5) is 10.1 Å². The van der Waals surface area contributed by atoms with Crippen molar-refractivity contribution in [2.75, 3.05) is 5.32 Å². The summed E-state index contributed by atoms with van der Waals surface area (Å²) >= 11 is 0. The Balaban J connectivity index is 1.63. The van der Waals surface area contributed by atoms with Crippen molar-refractivity contribution < 1.29 is 14.0 Å². The van der Waals surface area contributed by atoms with Crippen LogP contribution in [0.25, 0.3) is 0 Å². The molecule has 1 atom stereocenters. The Bertz CT molecular complexity index is 741. The molecule has 118 valence electrons. The minimum atomic E-state index is -0.740. The molecule has 0 bridgehead atoms. The van der Waals surface area contributed by atoms with Gasteiger partial charge in [-0.1, -0.05) is 42.4 Å². The van der Waals surface area contributed by atoms with Crippen molar-refractivity contribution in [2.24, 2.45) is 5.16 Å². The Hall–Kier alpha value is -2.69. The van der Waals surface area contributed by atoms with Gasteiger partial charge in [0.2, 0.25) is 6.10 Å². The number of hydrogen-bond acceptors (Lipinski definition) is 3. The molecule has 0 saturated heterocycles. The van der Waals surface area contributed by atoms with E-state index >= 15 is 0 Å². The van der Waals surface area contributed by atoms with E-state index in [9.17, 15) is 9.18 Å². The lowest BCUT2D eigenvalue weighted by Gasteiger charge is -2.10. The number of nitrogens with zero attached hydrogens (tertiary/aromatic N) is 1. The lowest BCUT2D eigenvalue weighted by molar-refractivity contribution is -0.125. The van der Waals surface area contributed by atoms with Crippen LogP contribution >= 0.6 is 0 Å². The fourth-order valence-electron chi connectivity index (χ4n) is 2.42. The van der Waals surface area contributed by atoms with Gasteiger partial charge in [-0.05, 0) is 30.2 Å². The molecule has 0 spiro atoms. The Morgan fingerprint density at radius 2 is 2.00 bits per heavy atom. The molecule has 2 aromatic rings. The summed E-state index contributed by atoms with van der Waals surface area (Å²) in [6, 6.07) is 14.0. The molecule has 0 fully saturated rings. The fourth-order valence-corrected chi connectivity index (χ4v) is 2.42. The monoisotopic (exact) mass is 312 g/mol. The van der Waals surface area contributed by atoms with Crippen molar-refractivity contribution in [3.05, 3.63) is 65.5 Å². The highest BCUT2D eigenvalue weighted by Crippen LogP contribution is 2.20. The molecule has 1 aliphatic heterocycles. The number of amides is 1. The first-order valence-corrected chi connectivity index (χ1v) is 7.54. The van der Waals surface area contributed by atoms with E-state index < -0.39 is 6.10 Å². The van der Waals surface area contributed by atoms with Crippen molar-refractivity contribution in [3.63, 3.8) is 0 Å². The van der Waals surface area contributed by atoms with Crippen molar-refractivity contribution in [3.8, 4) is 0 Å². The fraction of sp³-hybridized carbons (Fsp3) is 0.222. The van der Waals surface area contributed by atoms with Crippen LogP contribution in [-0.4, -0.2) is 17.7 Å². The van der Waals surface area contributed by atoms with Crippen LogP contribution in [-0.2, 0) is 16.1 Å². The molecule has 23 heavy (non-hydrogen) atoms. The Morgan fingerprint density at radius 3 is 2.70 bits per heavy atom. The van der Waals surface area contributed by atoms with E-state index in [2.05, 4.69) is 17.4 Å². The zero-order valence-corrected chi connectivity index (χ0v) is 12.8. The van der Waals surface area contributed by atoms with Crippen LogP contribution < -0.4 is 5.32 Å². The summed E-state index contributed by atoms with van der Waals surface area (Å²) in [5.74, 6) is -0.657. The van der Waals surface area contributed by atoms with Gasteiger partial charge in [-0.2, -0.15) is 0 Å². The van der Waals surface area contributed by atoms with Gasteiger partial charge in [0, 0.05) is 17.7 Å². The first-order chi connectivity index (χ1) is 11.2. The smallest absolute Gasteiger partial charge is 0.268 e. The molecular weight excluding hydrogens is 295 g/mol. The normalized spacial score (nSPS) is 16.6. The van der Waals surface area contributed by atoms with Crippen LogP contribution in [0.3, 0.4) is 0 Å². The minimum absolute atomic E-state index is 0.250. The minimum Gasteiger partial charge on any atom is -0.382 e. The molecule has 1 heterocycles. The maximum atomic E-state index is 13.8. The van der Waals surface area contributed by atoms with Crippen LogP contribution in [0.5, 0.6) is 0 Å². The predicted molar refractivity (Wildman–Crippen MR) is 86.9 cm³/mol. The third-order valence-corrected chi connectivity index (χ3v) is 3.78. The van der Waals surface area contributed by atoms with Crippen molar-refractivity contribution in [2.45, 2.75) is 25.9 Å². The van der Waals surface area contributed by atoms with E-state index in [-0.39, 0.29) is 18.1 Å². The van der Waals surface area contributed by atoms with Gasteiger partial charge < -0.3 is 10.2 Å². The molecule has 0 aliphatic carbocycles. The first-order valence-electron chi connectivity index (χ1n) is 7.54. The summed E-state index contributed by atoms with van der Waals surface area (Å²) in [4.78, 5) is 17.4. The van der Waals surface area contributed by atoms with Gasteiger partial charge in [-0.25, -0.2) is 4.39 Å². The van der Waals surface area contributed by atoms with Crippen molar-refractivity contribution in [1.29, 1.82) is 0 Å². The molecule has 3 rings (SSSR count). The quantitative estimate of drug-likeness (QED) is 0.939. The Kier molecular flexibility index (Phi) is 4.37. The largest absolute Gasteiger partial charge is 0.382 e. The van der Waals surface area contributed by atoms with Gasteiger partial charge >= 0.3 is 0 Å². The van der Waals surface area contributed by atoms with E-state index in [1.807, 2.05) is 24.3 Å². The number of rotatable bonds is 4. The van der Waals surface area contributed by atoms with Crippen molar-refractivity contribution in [1.82, 2.24) is 0 Å². The SMILES string of the molecule is CCc1ccc(NC(=O)[C@H]2CC(c3ccccc3F)=NO2)cc1. The third kappa shape index (κ3) is 3.39. The molecule has 1 aliphatic rings. The Labute approximate surface area is 134 Å². The second-order valence-corrected chi connectivity index (χ2v) is 5.36. The van der Waals surface area contributed by atoms with E-state index in [1.165, 1.54) is 11.6 Å². The van der Waals surface area contributed by atoms with Gasteiger partial charge in [0.25, 0.3) is 5.91 Å². The summed E-state index contributed by atoms with van der Waals surface area (Å²) < 4.78 is 13.8. The molecule has 5 heteroatoms. The molecule has 0 aromatic heterocycles. The number of carbonyl (C=O) groups is 1. The molecule has 0 saturated carbocycles. The van der Waals surface area contributed by atoms with E-state index in [0.717, 1.165) is 6.42 Å². The summed E-state index contributed by atoms with van der Waals surface area (Å²) in [5, 5.41) is 6.64. The maximum Gasteiger partial charge on any atom is 0.268 e. The number of carbonyl (C=O) groups excluding carboxylic acids is 1. The topological polar surface area (TPSA) is 50.7 Å². The van der Waals surface area contributed by atoms with Crippen molar-refractivity contribution >= 4 is 17.3 Å². The van der Waals surface area contributed by atoms with Crippen LogP contribution in [0.1, 0.15) is 24.5 Å². The van der Waals surface area contributed by atoms with Crippen LogP contribution in [0.15, 0.2) is 53.7 Å². The third-order valence-electron chi connectivity index (χ3n) is 3.78. The molecule has 2 aromatic carbocycles. The zero-order valence-electron chi connectivity index (χ0n) is 12.8. The second kappa shape index (κ2) is 6.60. The highest BCUT2D eigenvalue weighted by atomic mass is 19.1. The molecule has 4 nitrogen and oxygen atoms in total. The second-order valence-electron chi connectivity index (χ2n) is 5.36. The number of anilines is 1. The number of nitrogens with one attached hydrogen (secondary N) is 1. The summed E-state index contributed by atoms with van der Waals surface area (Å²) in [6.45, 7) is 2.07. The van der Waals surface area contributed by atoms with E-state index in [0.29, 0.717) is 17.0 Å². The standard InChI is InChI=1S/C18H17FN2O2/c1-2-12-7-9-13(10-8-12)20-18(22)17-11-16(21-23-17)14-5-3-4-6-15(14)19/h3-10,17H,2,11H2,1H3,(H,20,22)/t17-/m1/s1. The molecule has 0 unspecified atom stereocenters. The molecule has 1 N–H and O–H groups in total. The van der Waals surface area contributed by atoms with Crippen LogP contribution in [0, 0.1) is 5.82 Å². The number of benzene rings is 2. The average Bonchev–Trinajstić information content (AvgIpc) is 3.06.